The predicted octanol–water partition coefficient (Wildman–Crippen LogP) is 3.37. The van der Waals surface area contributed by atoms with E-state index in [1.54, 1.807) is 24.3 Å². The summed E-state index contributed by atoms with van der Waals surface area (Å²) in [6.45, 7) is 0. The molecule has 0 radical (unpaired) electrons. The van der Waals surface area contributed by atoms with Crippen LogP contribution in [0.5, 0.6) is 5.75 Å². The SMILES string of the molecule is O=C1NC(=O)/C(=C/c2ccc(OC(=O)C3CCC3)c(Cl)c2)S1. The highest BCUT2D eigenvalue weighted by Gasteiger charge is 2.28. The number of nitrogens with one attached hydrogen (secondary N) is 1. The van der Waals surface area contributed by atoms with E-state index in [2.05, 4.69) is 5.32 Å². The fourth-order valence-electron chi connectivity index (χ4n) is 2.10. The third kappa shape index (κ3) is 3.18. The molecule has 1 aromatic rings. The van der Waals surface area contributed by atoms with Crippen LogP contribution in [0.1, 0.15) is 24.8 Å². The Morgan fingerprint density at radius 2 is 2.14 bits per heavy atom. The maximum atomic E-state index is 11.8. The normalized spacial score (nSPS) is 20.0. The highest BCUT2D eigenvalue weighted by molar-refractivity contribution is 8.18. The van der Waals surface area contributed by atoms with E-state index in [1.165, 1.54) is 0 Å². The molecule has 0 aromatic heterocycles. The van der Waals surface area contributed by atoms with Crippen molar-refractivity contribution in [3.63, 3.8) is 0 Å². The number of carbonyl (C=O) groups excluding carboxylic acids is 3. The van der Waals surface area contributed by atoms with Gasteiger partial charge in [0, 0.05) is 0 Å². The van der Waals surface area contributed by atoms with Crippen molar-refractivity contribution >= 4 is 46.6 Å². The van der Waals surface area contributed by atoms with Gasteiger partial charge in [-0.1, -0.05) is 24.1 Å². The monoisotopic (exact) mass is 337 g/mol. The van der Waals surface area contributed by atoms with Gasteiger partial charge < -0.3 is 4.74 Å². The number of hydrogen-bond donors (Lipinski definition) is 1. The van der Waals surface area contributed by atoms with Gasteiger partial charge in [0.05, 0.1) is 15.8 Å². The molecule has 1 aliphatic carbocycles. The van der Waals surface area contributed by atoms with E-state index in [0.717, 1.165) is 31.0 Å². The van der Waals surface area contributed by atoms with Gasteiger partial charge in [-0.2, -0.15) is 0 Å². The summed E-state index contributed by atoms with van der Waals surface area (Å²) in [7, 11) is 0. The van der Waals surface area contributed by atoms with E-state index in [0.29, 0.717) is 16.2 Å². The van der Waals surface area contributed by atoms with Gasteiger partial charge in [-0.25, -0.2) is 0 Å². The van der Waals surface area contributed by atoms with Crippen molar-refractivity contribution in [1.82, 2.24) is 5.32 Å². The van der Waals surface area contributed by atoms with Gasteiger partial charge in [-0.3, -0.25) is 19.7 Å². The van der Waals surface area contributed by atoms with Gasteiger partial charge in [0.2, 0.25) is 0 Å². The van der Waals surface area contributed by atoms with E-state index in [9.17, 15) is 14.4 Å². The molecule has 3 rings (SSSR count). The second-order valence-corrected chi connectivity index (χ2v) is 6.51. The summed E-state index contributed by atoms with van der Waals surface area (Å²) in [6.07, 6.45) is 4.34. The van der Waals surface area contributed by atoms with Gasteiger partial charge in [-0.05, 0) is 48.4 Å². The lowest BCUT2D eigenvalue weighted by atomic mass is 9.86. The molecule has 2 aliphatic rings. The summed E-state index contributed by atoms with van der Waals surface area (Å²) in [4.78, 5) is 34.7. The van der Waals surface area contributed by atoms with Crippen molar-refractivity contribution in [2.24, 2.45) is 5.92 Å². The molecule has 1 saturated heterocycles. The first-order valence-corrected chi connectivity index (χ1v) is 7.98. The maximum absolute atomic E-state index is 11.8. The number of hydrogen-bond acceptors (Lipinski definition) is 5. The van der Waals surface area contributed by atoms with Crippen LogP contribution in [0.15, 0.2) is 23.1 Å². The molecule has 0 bridgehead atoms. The van der Waals surface area contributed by atoms with Gasteiger partial charge in [0.25, 0.3) is 11.1 Å². The zero-order valence-corrected chi connectivity index (χ0v) is 13.0. The number of esters is 1. The summed E-state index contributed by atoms with van der Waals surface area (Å²) >= 11 is 6.95. The second kappa shape index (κ2) is 6.14. The molecule has 2 fully saturated rings. The summed E-state index contributed by atoms with van der Waals surface area (Å²) in [5.41, 5.74) is 0.654. The smallest absolute Gasteiger partial charge is 0.314 e. The van der Waals surface area contributed by atoms with Crippen molar-refractivity contribution in [3.8, 4) is 5.75 Å². The average Bonchev–Trinajstić information content (AvgIpc) is 2.69. The molecule has 1 N–H and O–H groups in total. The van der Waals surface area contributed by atoms with Gasteiger partial charge in [0.1, 0.15) is 5.75 Å². The Morgan fingerprint density at radius 3 is 2.68 bits per heavy atom. The van der Waals surface area contributed by atoms with Crippen LogP contribution in [0.25, 0.3) is 6.08 Å². The van der Waals surface area contributed by atoms with E-state index >= 15 is 0 Å². The highest BCUT2D eigenvalue weighted by Crippen LogP contribution is 2.32. The van der Waals surface area contributed by atoms with Crippen molar-refractivity contribution < 1.29 is 19.1 Å². The average molecular weight is 338 g/mol. The van der Waals surface area contributed by atoms with Crippen molar-refractivity contribution in [3.05, 3.63) is 33.7 Å². The molecule has 1 aromatic carbocycles. The van der Waals surface area contributed by atoms with Crippen molar-refractivity contribution in [2.75, 3.05) is 0 Å². The first-order valence-electron chi connectivity index (χ1n) is 6.79. The molecule has 1 heterocycles. The Balaban J connectivity index is 1.74. The van der Waals surface area contributed by atoms with Gasteiger partial charge >= 0.3 is 5.97 Å². The number of ether oxygens (including phenoxy) is 1. The molecule has 7 heteroatoms. The summed E-state index contributed by atoms with van der Waals surface area (Å²) in [5, 5.41) is 2.07. The van der Waals surface area contributed by atoms with Crippen LogP contribution in [-0.4, -0.2) is 17.1 Å². The molecular weight excluding hydrogens is 326 g/mol. The van der Waals surface area contributed by atoms with E-state index < -0.39 is 11.1 Å². The zero-order chi connectivity index (χ0) is 15.7. The Kier molecular flexibility index (Phi) is 4.22. The summed E-state index contributed by atoms with van der Waals surface area (Å²) in [6, 6.07) is 4.86. The first-order chi connectivity index (χ1) is 10.5. The largest absolute Gasteiger partial charge is 0.425 e. The maximum Gasteiger partial charge on any atom is 0.314 e. The van der Waals surface area contributed by atoms with Crippen LogP contribution >= 0.6 is 23.4 Å². The third-order valence-electron chi connectivity index (χ3n) is 3.54. The highest BCUT2D eigenvalue weighted by atomic mass is 35.5. The van der Waals surface area contributed by atoms with Crippen LogP contribution in [0.3, 0.4) is 0 Å². The van der Waals surface area contributed by atoms with Gasteiger partial charge in [0.15, 0.2) is 0 Å². The summed E-state index contributed by atoms with van der Waals surface area (Å²) < 4.78 is 5.28. The minimum Gasteiger partial charge on any atom is -0.425 e. The van der Waals surface area contributed by atoms with Gasteiger partial charge in [-0.15, -0.1) is 0 Å². The topological polar surface area (TPSA) is 72.5 Å². The van der Waals surface area contributed by atoms with Crippen LogP contribution < -0.4 is 10.1 Å². The van der Waals surface area contributed by atoms with Crippen LogP contribution in [0.2, 0.25) is 5.02 Å². The molecule has 0 unspecified atom stereocenters. The lowest BCUT2D eigenvalue weighted by molar-refractivity contribution is -0.141. The standard InChI is InChI=1S/C15H12ClNO4S/c16-10-6-8(7-12-13(18)17-15(20)22-12)4-5-11(10)21-14(19)9-2-1-3-9/h4-7,9H,1-3H2,(H,17,18,20)/b12-7-. The number of halogens is 1. The first kappa shape index (κ1) is 15.1. The molecule has 5 nitrogen and oxygen atoms in total. The second-order valence-electron chi connectivity index (χ2n) is 5.09. The minimum atomic E-state index is -0.424. The Hall–Kier alpha value is -1.79. The van der Waals surface area contributed by atoms with E-state index in [4.69, 9.17) is 16.3 Å². The van der Waals surface area contributed by atoms with Crippen LogP contribution in [0.4, 0.5) is 4.79 Å². The van der Waals surface area contributed by atoms with Crippen molar-refractivity contribution in [1.29, 1.82) is 0 Å². The molecule has 0 atom stereocenters. The van der Waals surface area contributed by atoms with E-state index in [-0.39, 0.29) is 16.9 Å². The molecule has 1 aliphatic heterocycles. The number of benzene rings is 1. The van der Waals surface area contributed by atoms with Crippen LogP contribution in [0, 0.1) is 5.92 Å². The minimum absolute atomic E-state index is 0.0255. The summed E-state index contributed by atoms with van der Waals surface area (Å²) in [5.74, 6) is -0.398. The molecule has 1 saturated carbocycles. The molecule has 114 valence electrons. The fraction of sp³-hybridized carbons (Fsp3) is 0.267. The zero-order valence-electron chi connectivity index (χ0n) is 11.4. The third-order valence-corrected chi connectivity index (χ3v) is 4.65. The number of rotatable bonds is 3. The predicted molar refractivity (Wildman–Crippen MR) is 83.5 cm³/mol. The van der Waals surface area contributed by atoms with Crippen LogP contribution in [-0.2, 0) is 9.59 Å². The number of imide groups is 1. The lowest BCUT2D eigenvalue weighted by Crippen LogP contribution is -2.26. The molecule has 22 heavy (non-hydrogen) atoms. The Bertz CT molecular complexity index is 697. The molecular formula is C15H12ClNO4S. The Labute approximate surface area is 136 Å². The lowest BCUT2D eigenvalue weighted by Gasteiger charge is -2.23. The quantitative estimate of drug-likeness (QED) is 0.520. The van der Waals surface area contributed by atoms with E-state index in [1.807, 2.05) is 0 Å². The molecule has 0 spiro atoms. The molecule has 2 amide bonds. The Morgan fingerprint density at radius 1 is 1.36 bits per heavy atom. The van der Waals surface area contributed by atoms with Crippen molar-refractivity contribution in [2.45, 2.75) is 19.3 Å². The fourth-order valence-corrected chi connectivity index (χ4v) is 3.01. The number of thioether (sulfide) groups is 1. The number of amides is 2. The number of carbonyl (C=O) groups is 3.